The van der Waals surface area contributed by atoms with Gasteiger partial charge in [-0.15, -0.1) is 0 Å². The molecule has 3 unspecified atom stereocenters. The molecule has 1 heterocycles. The van der Waals surface area contributed by atoms with Gasteiger partial charge in [-0.1, -0.05) is 51.3 Å². The number of hydrogen-bond donors (Lipinski definition) is 2. The predicted molar refractivity (Wildman–Crippen MR) is 112 cm³/mol. The predicted octanol–water partition coefficient (Wildman–Crippen LogP) is 4.63. The number of benzene rings is 1. The third-order valence-electron chi connectivity index (χ3n) is 5.25. The zero-order valence-corrected chi connectivity index (χ0v) is 17.5. The molecule has 0 spiro atoms. The van der Waals surface area contributed by atoms with Crippen LogP contribution < -0.4 is 10.6 Å². The Labute approximate surface area is 164 Å². The Bertz CT molecular complexity index is 568. The number of amides is 2. The monoisotopic (exact) mass is 375 g/mol. The average Bonchev–Trinajstić information content (AvgIpc) is 2.63. The number of morpholine rings is 1. The van der Waals surface area contributed by atoms with E-state index in [1.807, 2.05) is 18.2 Å². The van der Waals surface area contributed by atoms with Crippen LogP contribution in [0.2, 0.25) is 0 Å². The molecule has 5 nitrogen and oxygen atoms in total. The lowest BCUT2D eigenvalue weighted by Crippen LogP contribution is -2.45. The van der Waals surface area contributed by atoms with Crippen LogP contribution in [0.5, 0.6) is 0 Å². The summed E-state index contributed by atoms with van der Waals surface area (Å²) in [7, 11) is 0. The zero-order valence-electron chi connectivity index (χ0n) is 17.5. The molecule has 1 fully saturated rings. The first kappa shape index (κ1) is 21.7. The van der Waals surface area contributed by atoms with E-state index in [0.29, 0.717) is 5.92 Å². The first-order valence-electron chi connectivity index (χ1n) is 10.5. The number of para-hydroxylation sites is 1. The fourth-order valence-electron chi connectivity index (χ4n) is 3.78. The molecule has 27 heavy (non-hydrogen) atoms. The third-order valence-corrected chi connectivity index (χ3v) is 5.25. The van der Waals surface area contributed by atoms with Crippen LogP contribution in [0.1, 0.15) is 58.9 Å². The van der Waals surface area contributed by atoms with E-state index in [1.54, 1.807) is 0 Å². The van der Waals surface area contributed by atoms with E-state index in [2.05, 4.69) is 49.3 Å². The lowest BCUT2D eigenvalue weighted by molar-refractivity contribution is -0.0704. The normalized spacial score (nSPS) is 21.6. The number of nitrogens with one attached hydrogen (secondary N) is 2. The van der Waals surface area contributed by atoms with Crippen molar-refractivity contribution in [3.8, 4) is 0 Å². The van der Waals surface area contributed by atoms with Crippen LogP contribution in [0.3, 0.4) is 0 Å². The van der Waals surface area contributed by atoms with Crippen molar-refractivity contribution in [1.29, 1.82) is 0 Å². The van der Waals surface area contributed by atoms with Gasteiger partial charge < -0.3 is 15.4 Å². The first-order chi connectivity index (χ1) is 13.0. The summed E-state index contributed by atoms with van der Waals surface area (Å²) < 4.78 is 5.82. The van der Waals surface area contributed by atoms with Gasteiger partial charge in [-0.25, -0.2) is 4.79 Å². The second-order valence-corrected chi connectivity index (χ2v) is 7.86. The van der Waals surface area contributed by atoms with Crippen molar-refractivity contribution in [3.63, 3.8) is 0 Å². The highest BCUT2D eigenvalue weighted by Crippen LogP contribution is 2.20. The first-order valence-corrected chi connectivity index (χ1v) is 10.5. The maximum absolute atomic E-state index is 12.4. The van der Waals surface area contributed by atoms with Crippen molar-refractivity contribution >= 4 is 11.7 Å². The summed E-state index contributed by atoms with van der Waals surface area (Å²) in [5.74, 6) is 0.558. The fourth-order valence-corrected chi connectivity index (χ4v) is 3.78. The molecular weight excluding hydrogens is 338 g/mol. The Balaban J connectivity index is 1.90. The molecule has 1 aromatic rings. The van der Waals surface area contributed by atoms with Gasteiger partial charge in [0, 0.05) is 31.9 Å². The van der Waals surface area contributed by atoms with E-state index >= 15 is 0 Å². The van der Waals surface area contributed by atoms with Crippen LogP contribution in [0.15, 0.2) is 24.3 Å². The highest BCUT2D eigenvalue weighted by atomic mass is 16.5. The number of carbonyl (C=O) groups is 1. The van der Waals surface area contributed by atoms with Crippen molar-refractivity contribution in [2.45, 2.75) is 72.1 Å². The molecule has 1 aliphatic heterocycles. The third kappa shape index (κ3) is 7.51. The van der Waals surface area contributed by atoms with E-state index in [1.165, 1.54) is 19.3 Å². The number of hydrogen-bond acceptors (Lipinski definition) is 3. The molecule has 1 aliphatic rings. The molecule has 2 amide bonds. The second-order valence-electron chi connectivity index (χ2n) is 7.86. The van der Waals surface area contributed by atoms with Gasteiger partial charge in [0.25, 0.3) is 0 Å². The Morgan fingerprint density at radius 3 is 2.59 bits per heavy atom. The van der Waals surface area contributed by atoms with Crippen molar-refractivity contribution < 1.29 is 9.53 Å². The minimum Gasteiger partial charge on any atom is -0.373 e. The number of nitrogens with zero attached hydrogens (tertiary/aromatic N) is 1. The topological polar surface area (TPSA) is 53.6 Å². The highest BCUT2D eigenvalue weighted by Gasteiger charge is 2.22. The molecule has 3 atom stereocenters. The van der Waals surface area contributed by atoms with Crippen LogP contribution in [0.4, 0.5) is 10.5 Å². The van der Waals surface area contributed by atoms with E-state index in [9.17, 15) is 4.79 Å². The molecule has 1 saturated heterocycles. The molecule has 0 saturated carbocycles. The van der Waals surface area contributed by atoms with Gasteiger partial charge in [-0.05, 0) is 37.8 Å². The van der Waals surface area contributed by atoms with Gasteiger partial charge in [-0.3, -0.25) is 4.90 Å². The SMILES string of the molecule is CCCCC(CC)CNC(=O)Nc1ccccc1CN1CC(C)OC(C)C1. The van der Waals surface area contributed by atoms with E-state index in [0.717, 1.165) is 43.9 Å². The molecule has 0 aliphatic carbocycles. The van der Waals surface area contributed by atoms with Gasteiger partial charge in [0.1, 0.15) is 0 Å². The number of carbonyl (C=O) groups excluding carboxylic acids is 1. The summed E-state index contributed by atoms with van der Waals surface area (Å²) in [6.45, 7) is 12.0. The maximum atomic E-state index is 12.4. The number of ether oxygens (including phenoxy) is 1. The Morgan fingerprint density at radius 2 is 1.93 bits per heavy atom. The summed E-state index contributed by atoms with van der Waals surface area (Å²) >= 11 is 0. The molecule has 5 heteroatoms. The quantitative estimate of drug-likeness (QED) is 0.661. The molecule has 2 N–H and O–H groups in total. The minimum atomic E-state index is -0.110. The van der Waals surface area contributed by atoms with Crippen molar-refractivity contribution in [2.75, 3.05) is 25.0 Å². The van der Waals surface area contributed by atoms with Gasteiger partial charge in [0.05, 0.1) is 12.2 Å². The number of anilines is 1. The van der Waals surface area contributed by atoms with Crippen LogP contribution in [0.25, 0.3) is 0 Å². The van der Waals surface area contributed by atoms with E-state index in [-0.39, 0.29) is 18.2 Å². The number of urea groups is 1. The molecule has 0 bridgehead atoms. The summed E-state index contributed by atoms with van der Waals surface area (Å²) in [5.41, 5.74) is 2.04. The zero-order chi connectivity index (χ0) is 19.6. The van der Waals surface area contributed by atoms with Crippen LogP contribution in [0, 0.1) is 5.92 Å². The Morgan fingerprint density at radius 1 is 1.22 bits per heavy atom. The van der Waals surface area contributed by atoms with Gasteiger partial charge in [0.15, 0.2) is 0 Å². The van der Waals surface area contributed by atoms with Gasteiger partial charge >= 0.3 is 6.03 Å². The van der Waals surface area contributed by atoms with Gasteiger partial charge in [-0.2, -0.15) is 0 Å². The lowest BCUT2D eigenvalue weighted by Gasteiger charge is -2.35. The molecule has 1 aromatic carbocycles. The Kier molecular flexibility index (Phi) is 9.08. The van der Waals surface area contributed by atoms with Gasteiger partial charge in [0.2, 0.25) is 0 Å². The van der Waals surface area contributed by atoms with Crippen LogP contribution >= 0.6 is 0 Å². The smallest absolute Gasteiger partial charge is 0.319 e. The second kappa shape index (κ2) is 11.3. The van der Waals surface area contributed by atoms with Crippen molar-refractivity contribution in [3.05, 3.63) is 29.8 Å². The lowest BCUT2D eigenvalue weighted by atomic mass is 9.99. The minimum absolute atomic E-state index is 0.110. The van der Waals surface area contributed by atoms with Crippen molar-refractivity contribution in [2.24, 2.45) is 5.92 Å². The molecule has 0 radical (unpaired) electrons. The largest absolute Gasteiger partial charge is 0.373 e. The fraction of sp³-hybridized carbons (Fsp3) is 0.682. The number of unbranched alkanes of at least 4 members (excludes halogenated alkanes) is 1. The van der Waals surface area contributed by atoms with E-state index < -0.39 is 0 Å². The van der Waals surface area contributed by atoms with Crippen LogP contribution in [-0.2, 0) is 11.3 Å². The Hall–Kier alpha value is -1.59. The summed E-state index contributed by atoms with van der Waals surface area (Å²) in [5, 5.41) is 6.10. The highest BCUT2D eigenvalue weighted by molar-refractivity contribution is 5.90. The summed E-state index contributed by atoms with van der Waals surface area (Å²) in [4.78, 5) is 14.8. The maximum Gasteiger partial charge on any atom is 0.319 e. The van der Waals surface area contributed by atoms with E-state index in [4.69, 9.17) is 4.74 Å². The summed E-state index contributed by atoms with van der Waals surface area (Å²) in [6.07, 6.45) is 5.19. The average molecular weight is 376 g/mol. The standard InChI is InChI=1S/C22H37N3O2/c1-5-7-10-19(6-2)13-23-22(26)24-21-12-9-8-11-20(21)16-25-14-17(3)27-18(4)15-25/h8-9,11-12,17-19H,5-7,10,13-16H2,1-4H3,(H2,23,24,26). The van der Waals surface area contributed by atoms with Crippen LogP contribution in [-0.4, -0.2) is 42.8 Å². The molecular formula is C22H37N3O2. The number of rotatable bonds is 9. The van der Waals surface area contributed by atoms with Crippen molar-refractivity contribution in [1.82, 2.24) is 10.2 Å². The molecule has 152 valence electrons. The molecule has 0 aromatic heterocycles. The summed E-state index contributed by atoms with van der Waals surface area (Å²) in [6, 6.07) is 7.97. The molecule has 2 rings (SSSR count).